The maximum absolute atomic E-state index is 3.83. The minimum atomic E-state index is 0.456. The van der Waals surface area contributed by atoms with Crippen LogP contribution in [0.3, 0.4) is 0 Å². The normalized spacial score (nSPS) is 33.0. The summed E-state index contributed by atoms with van der Waals surface area (Å²) < 4.78 is 0. The van der Waals surface area contributed by atoms with Gasteiger partial charge in [-0.15, -0.1) is 0 Å². The zero-order chi connectivity index (χ0) is 13.3. The first kappa shape index (κ1) is 14.3. The number of hydrogen-bond donors (Lipinski definition) is 1. The van der Waals surface area contributed by atoms with E-state index in [1.54, 1.807) is 0 Å². The van der Waals surface area contributed by atoms with Crippen LogP contribution in [-0.2, 0) is 0 Å². The lowest BCUT2D eigenvalue weighted by atomic mass is 9.86. The predicted molar refractivity (Wildman–Crippen MR) is 78.8 cm³/mol. The van der Waals surface area contributed by atoms with Gasteiger partial charge in [-0.2, -0.15) is 0 Å². The third-order valence-corrected chi connectivity index (χ3v) is 5.40. The van der Waals surface area contributed by atoms with Crippen LogP contribution in [-0.4, -0.2) is 36.6 Å². The van der Waals surface area contributed by atoms with Crippen molar-refractivity contribution in [3.05, 3.63) is 0 Å². The van der Waals surface area contributed by atoms with Crippen LogP contribution in [0, 0.1) is 11.3 Å². The van der Waals surface area contributed by atoms with Crippen molar-refractivity contribution in [2.75, 3.05) is 13.6 Å². The summed E-state index contributed by atoms with van der Waals surface area (Å²) in [5.74, 6) is 0.977. The van der Waals surface area contributed by atoms with Gasteiger partial charge >= 0.3 is 0 Å². The summed E-state index contributed by atoms with van der Waals surface area (Å²) in [5.41, 5.74) is 0.456. The van der Waals surface area contributed by atoms with Gasteiger partial charge in [0.25, 0.3) is 0 Å². The van der Waals surface area contributed by atoms with Gasteiger partial charge < -0.3 is 5.32 Å². The van der Waals surface area contributed by atoms with E-state index in [0.717, 1.165) is 24.5 Å². The molecule has 3 atom stereocenters. The van der Waals surface area contributed by atoms with E-state index in [9.17, 15) is 0 Å². The van der Waals surface area contributed by atoms with E-state index in [4.69, 9.17) is 0 Å². The predicted octanol–water partition coefficient (Wildman–Crippen LogP) is 3.27. The third kappa shape index (κ3) is 2.91. The second kappa shape index (κ2) is 5.50. The minimum Gasteiger partial charge on any atom is -0.312 e. The molecule has 2 fully saturated rings. The van der Waals surface area contributed by atoms with Crippen LogP contribution in [0.25, 0.3) is 0 Å². The second-order valence-corrected chi connectivity index (χ2v) is 7.27. The molecule has 0 spiro atoms. The van der Waals surface area contributed by atoms with E-state index >= 15 is 0 Å². The van der Waals surface area contributed by atoms with E-state index in [1.165, 1.54) is 32.1 Å². The SMILES string of the molecule is CCCNC1C(N(C)C(C)C2CC2)CCC1(C)C. The summed E-state index contributed by atoms with van der Waals surface area (Å²) in [7, 11) is 2.36. The lowest BCUT2D eigenvalue weighted by Crippen LogP contribution is -2.53. The van der Waals surface area contributed by atoms with Crippen molar-refractivity contribution in [2.45, 2.75) is 77.9 Å². The smallest absolute Gasteiger partial charge is 0.0274 e. The number of nitrogens with one attached hydrogen (secondary N) is 1. The molecule has 0 amide bonds. The van der Waals surface area contributed by atoms with Crippen LogP contribution in [0.15, 0.2) is 0 Å². The van der Waals surface area contributed by atoms with E-state index < -0.39 is 0 Å². The molecule has 2 saturated carbocycles. The van der Waals surface area contributed by atoms with E-state index in [1.807, 2.05) is 0 Å². The van der Waals surface area contributed by atoms with Gasteiger partial charge in [0, 0.05) is 18.1 Å². The van der Waals surface area contributed by atoms with Gasteiger partial charge in [-0.3, -0.25) is 4.90 Å². The van der Waals surface area contributed by atoms with Gasteiger partial charge in [0.1, 0.15) is 0 Å². The first-order valence-electron chi connectivity index (χ1n) is 7.92. The molecule has 106 valence electrons. The van der Waals surface area contributed by atoms with E-state index in [-0.39, 0.29) is 0 Å². The van der Waals surface area contributed by atoms with Crippen LogP contribution in [0.4, 0.5) is 0 Å². The van der Waals surface area contributed by atoms with Crippen LogP contribution >= 0.6 is 0 Å². The molecule has 0 saturated heterocycles. The molecular formula is C16H32N2. The number of likely N-dealkylation sites (N-methyl/N-ethyl adjacent to an activating group) is 1. The van der Waals surface area contributed by atoms with Gasteiger partial charge in [-0.1, -0.05) is 20.8 Å². The molecule has 0 aromatic rings. The molecule has 2 nitrogen and oxygen atoms in total. The van der Waals surface area contributed by atoms with Gasteiger partial charge in [0.05, 0.1) is 0 Å². The second-order valence-electron chi connectivity index (χ2n) is 7.27. The monoisotopic (exact) mass is 252 g/mol. The topological polar surface area (TPSA) is 15.3 Å². The van der Waals surface area contributed by atoms with Crippen molar-refractivity contribution in [2.24, 2.45) is 11.3 Å². The summed E-state index contributed by atoms with van der Waals surface area (Å²) in [6.45, 7) is 10.7. The molecule has 2 rings (SSSR count). The largest absolute Gasteiger partial charge is 0.312 e. The van der Waals surface area contributed by atoms with Crippen LogP contribution in [0.2, 0.25) is 0 Å². The Morgan fingerprint density at radius 3 is 2.50 bits per heavy atom. The van der Waals surface area contributed by atoms with Gasteiger partial charge in [0.15, 0.2) is 0 Å². The molecule has 0 heterocycles. The van der Waals surface area contributed by atoms with Crippen LogP contribution in [0.5, 0.6) is 0 Å². The maximum atomic E-state index is 3.83. The van der Waals surface area contributed by atoms with Gasteiger partial charge in [-0.05, 0) is 64.0 Å². The maximum Gasteiger partial charge on any atom is 0.0274 e. The lowest BCUT2D eigenvalue weighted by molar-refractivity contribution is 0.124. The summed E-state index contributed by atoms with van der Waals surface area (Å²) in [6.07, 6.45) is 6.87. The Morgan fingerprint density at radius 2 is 1.94 bits per heavy atom. The van der Waals surface area contributed by atoms with Crippen molar-refractivity contribution in [3.63, 3.8) is 0 Å². The third-order valence-electron chi connectivity index (χ3n) is 5.40. The molecule has 2 aliphatic carbocycles. The fraction of sp³-hybridized carbons (Fsp3) is 1.00. The summed E-state index contributed by atoms with van der Waals surface area (Å²) >= 11 is 0. The highest BCUT2D eigenvalue weighted by Crippen LogP contribution is 2.42. The highest BCUT2D eigenvalue weighted by molar-refractivity contribution is 5.02. The Kier molecular flexibility index (Phi) is 4.38. The fourth-order valence-corrected chi connectivity index (χ4v) is 3.73. The first-order chi connectivity index (χ1) is 8.47. The quantitative estimate of drug-likeness (QED) is 0.780. The molecule has 0 aromatic heterocycles. The Hall–Kier alpha value is -0.0800. The van der Waals surface area contributed by atoms with Crippen LogP contribution in [0.1, 0.15) is 59.8 Å². The van der Waals surface area contributed by atoms with Crippen molar-refractivity contribution in [1.82, 2.24) is 10.2 Å². The molecule has 3 unspecified atom stereocenters. The zero-order valence-corrected chi connectivity index (χ0v) is 13.0. The van der Waals surface area contributed by atoms with E-state index in [2.05, 4.69) is 45.0 Å². The molecule has 0 aliphatic heterocycles. The molecule has 2 heteroatoms. The minimum absolute atomic E-state index is 0.456. The first-order valence-corrected chi connectivity index (χ1v) is 7.92. The number of nitrogens with zero attached hydrogens (tertiary/aromatic N) is 1. The highest BCUT2D eigenvalue weighted by Gasteiger charge is 2.45. The summed E-state index contributed by atoms with van der Waals surface area (Å²) in [4.78, 5) is 2.68. The fourth-order valence-electron chi connectivity index (χ4n) is 3.73. The molecule has 0 radical (unpaired) electrons. The van der Waals surface area contributed by atoms with Gasteiger partial charge in [-0.25, -0.2) is 0 Å². The van der Waals surface area contributed by atoms with Crippen molar-refractivity contribution < 1.29 is 0 Å². The molecule has 18 heavy (non-hydrogen) atoms. The standard InChI is InChI=1S/C16H32N2/c1-6-11-17-15-14(9-10-16(15,3)4)18(5)12(2)13-7-8-13/h12-15,17H,6-11H2,1-5H3. The Bertz CT molecular complexity index is 270. The Morgan fingerprint density at radius 1 is 1.28 bits per heavy atom. The van der Waals surface area contributed by atoms with Crippen molar-refractivity contribution in [3.8, 4) is 0 Å². The average Bonchev–Trinajstić information content (AvgIpc) is 3.11. The molecule has 2 aliphatic rings. The lowest BCUT2D eigenvalue weighted by Gasteiger charge is -2.39. The molecule has 0 bridgehead atoms. The Balaban J connectivity index is 2.00. The average molecular weight is 252 g/mol. The Labute approximate surface area is 114 Å². The summed E-state index contributed by atoms with van der Waals surface area (Å²) in [6, 6.07) is 2.18. The van der Waals surface area contributed by atoms with Crippen LogP contribution < -0.4 is 5.32 Å². The molecular weight excluding hydrogens is 220 g/mol. The highest BCUT2D eigenvalue weighted by atomic mass is 15.2. The zero-order valence-electron chi connectivity index (χ0n) is 13.0. The number of rotatable bonds is 6. The van der Waals surface area contributed by atoms with E-state index in [0.29, 0.717) is 11.5 Å². The molecule has 1 N–H and O–H groups in total. The molecule has 0 aromatic carbocycles. The van der Waals surface area contributed by atoms with Gasteiger partial charge in [0.2, 0.25) is 0 Å². The summed E-state index contributed by atoms with van der Waals surface area (Å²) in [5, 5.41) is 3.83. The van der Waals surface area contributed by atoms with Crippen molar-refractivity contribution in [1.29, 1.82) is 0 Å². The number of hydrogen-bond acceptors (Lipinski definition) is 2. The van der Waals surface area contributed by atoms with Crippen molar-refractivity contribution >= 4 is 0 Å².